The van der Waals surface area contributed by atoms with E-state index in [9.17, 15) is 9.90 Å². The molecule has 0 saturated carbocycles. The van der Waals surface area contributed by atoms with E-state index >= 15 is 0 Å². The van der Waals surface area contributed by atoms with Crippen molar-refractivity contribution >= 4 is 5.91 Å². The number of aliphatic hydroxyl groups excluding tert-OH is 1. The highest BCUT2D eigenvalue weighted by molar-refractivity contribution is 5.78. The smallest absolute Gasteiger partial charge is 0.260 e. The van der Waals surface area contributed by atoms with E-state index < -0.39 is 0 Å². The zero-order valence-electron chi connectivity index (χ0n) is 14.0. The number of rotatable bonds is 4. The molecule has 1 amide bonds. The quantitative estimate of drug-likeness (QED) is 0.930. The zero-order valence-corrected chi connectivity index (χ0v) is 14.0. The number of ether oxygens (including phenoxy) is 1. The molecule has 1 aromatic rings. The van der Waals surface area contributed by atoms with Crippen LogP contribution in [-0.2, 0) is 10.2 Å². The number of carbonyl (C=O) groups is 1. The van der Waals surface area contributed by atoms with Gasteiger partial charge in [0.2, 0.25) is 0 Å². The molecule has 2 rings (SSSR count). The van der Waals surface area contributed by atoms with E-state index in [2.05, 4.69) is 20.8 Å². The van der Waals surface area contributed by atoms with Crippen molar-refractivity contribution in [3.8, 4) is 5.75 Å². The number of nitrogens with zero attached hydrogens (tertiary/aromatic N) is 1. The Bertz CT molecular complexity index is 519. The van der Waals surface area contributed by atoms with Crippen LogP contribution in [0.5, 0.6) is 5.75 Å². The number of hydrogen-bond donors (Lipinski definition) is 1. The largest absolute Gasteiger partial charge is 0.483 e. The highest BCUT2D eigenvalue weighted by Crippen LogP contribution is 2.31. The molecule has 1 fully saturated rings. The van der Waals surface area contributed by atoms with Gasteiger partial charge >= 0.3 is 0 Å². The second-order valence-electron chi connectivity index (χ2n) is 7.16. The van der Waals surface area contributed by atoms with Gasteiger partial charge in [-0.25, -0.2) is 0 Å². The number of benzene rings is 1. The summed E-state index contributed by atoms with van der Waals surface area (Å²) >= 11 is 0. The van der Waals surface area contributed by atoms with E-state index in [1.54, 1.807) is 11.8 Å². The predicted octanol–water partition coefficient (Wildman–Crippen LogP) is 2.59. The SMILES string of the molecule is CC(O)C1CCN(C(=O)COc2ccccc2C(C)(C)C)C1. The van der Waals surface area contributed by atoms with Crippen LogP contribution < -0.4 is 4.74 Å². The first-order chi connectivity index (χ1) is 10.3. The van der Waals surface area contributed by atoms with E-state index in [0.29, 0.717) is 13.1 Å². The molecule has 0 bridgehead atoms. The third-order valence-electron chi connectivity index (χ3n) is 4.31. The summed E-state index contributed by atoms with van der Waals surface area (Å²) in [6, 6.07) is 7.87. The summed E-state index contributed by atoms with van der Waals surface area (Å²) < 4.78 is 5.78. The first-order valence-electron chi connectivity index (χ1n) is 7.97. The molecule has 1 aliphatic rings. The van der Waals surface area contributed by atoms with Crippen molar-refractivity contribution in [2.24, 2.45) is 5.92 Å². The Morgan fingerprint density at radius 1 is 1.41 bits per heavy atom. The van der Waals surface area contributed by atoms with Crippen LogP contribution in [0.4, 0.5) is 0 Å². The highest BCUT2D eigenvalue weighted by atomic mass is 16.5. The van der Waals surface area contributed by atoms with Gasteiger partial charge in [0.1, 0.15) is 5.75 Å². The van der Waals surface area contributed by atoms with Crippen LogP contribution in [0, 0.1) is 5.92 Å². The molecule has 4 nitrogen and oxygen atoms in total. The van der Waals surface area contributed by atoms with E-state index in [1.807, 2.05) is 24.3 Å². The predicted molar refractivity (Wildman–Crippen MR) is 87.0 cm³/mol. The maximum absolute atomic E-state index is 12.3. The van der Waals surface area contributed by atoms with Crippen LogP contribution in [0.15, 0.2) is 24.3 Å². The van der Waals surface area contributed by atoms with Gasteiger partial charge < -0.3 is 14.7 Å². The van der Waals surface area contributed by atoms with E-state index in [1.165, 1.54) is 0 Å². The highest BCUT2D eigenvalue weighted by Gasteiger charge is 2.29. The second kappa shape index (κ2) is 6.69. The van der Waals surface area contributed by atoms with Crippen molar-refractivity contribution in [2.45, 2.75) is 45.6 Å². The average molecular weight is 305 g/mol. The van der Waals surface area contributed by atoms with Crippen LogP contribution in [0.25, 0.3) is 0 Å². The van der Waals surface area contributed by atoms with Crippen LogP contribution >= 0.6 is 0 Å². The molecule has 2 unspecified atom stereocenters. The molecule has 4 heteroatoms. The fourth-order valence-corrected chi connectivity index (χ4v) is 2.85. The lowest BCUT2D eigenvalue weighted by Crippen LogP contribution is -2.34. The van der Waals surface area contributed by atoms with E-state index in [-0.39, 0.29) is 30.0 Å². The maximum Gasteiger partial charge on any atom is 0.260 e. The van der Waals surface area contributed by atoms with Gasteiger partial charge in [0, 0.05) is 19.0 Å². The fourth-order valence-electron chi connectivity index (χ4n) is 2.85. The number of aliphatic hydroxyl groups is 1. The Kier molecular flexibility index (Phi) is 5.12. The molecule has 0 spiro atoms. The van der Waals surface area contributed by atoms with Gasteiger partial charge in [0.25, 0.3) is 5.91 Å². The maximum atomic E-state index is 12.3. The monoisotopic (exact) mass is 305 g/mol. The third kappa shape index (κ3) is 4.01. The summed E-state index contributed by atoms with van der Waals surface area (Å²) in [5.74, 6) is 0.951. The molecular formula is C18H27NO3. The van der Waals surface area contributed by atoms with Gasteiger partial charge in [-0.2, -0.15) is 0 Å². The molecule has 1 heterocycles. The Morgan fingerprint density at radius 3 is 2.68 bits per heavy atom. The number of likely N-dealkylation sites (tertiary alicyclic amines) is 1. The summed E-state index contributed by atoms with van der Waals surface area (Å²) in [7, 11) is 0. The minimum atomic E-state index is -0.361. The second-order valence-corrected chi connectivity index (χ2v) is 7.16. The number of carbonyl (C=O) groups excluding carboxylic acids is 1. The van der Waals surface area contributed by atoms with Gasteiger partial charge in [-0.15, -0.1) is 0 Å². The van der Waals surface area contributed by atoms with Crippen LogP contribution in [0.3, 0.4) is 0 Å². The number of amides is 1. The normalized spacial score (nSPS) is 20.0. The number of hydrogen-bond acceptors (Lipinski definition) is 3. The van der Waals surface area contributed by atoms with Gasteiger partial charge in [0.15, 0.2) is 6.61 Å². The molecule has 1 aliphatic heterocycles. The van der Waals surface area contributed by atoms with Crippen LogP contribution in [0.1, 0.15) is 39.7 Å². The molecule has 0 aliphatic carbocycles. The van der Waals surface area contributed by atoms with Crippen molar-refractivity contribution < 1.29 is 14.6 Å². The Hall–Kier alpha value is -1.55. The Morgan fingerprint density at radius 2 is 2.09 bits per heavy atom. The van der Waals surface area contributed by atoms with Crippen molar-refractivity contribution in [1.82, 2.24) is 4.90 Å². The summed E-state index contributed by atoms with van der Waals surface area (Å²) in [5.41, 5.74) is 1.08. The van der Waals surface area contributed by atoms with Crippen molar-refractivity contribution in [3.05, 3.63) is 29.8 Å². The molecule has 0 aromatic heterocycles. The first-order valence-corrected chi connectivity index (χ1v) is 7.97. The van der Waals surface area contributed by atoms with Gasteiger partial charge in [-0.3, -0.25) is 4.79 Å². The third-order valence-corrected chi connectivity index (χ3v) is 4.31. The standard InChI is InChI=1S/C18H27NO3/c1-13(20)14-9-10-19(11-14)17(21)12-22-16-8-6-5-7-15(16)18(2,3)4/h5-8,13-14,20H,9-12H2,1-4H3. The Labute approximate surface area is 133 Å². The van der Waals surface area contributed by atoms with E-state index in [0.717, 1.165) is 17.7 Å². The van der Waals surface area contributed by atoms with Crippen molar-refractivity contribution in [3.63, 3.8) is 0 Å². The van der Waals surface area contributed by atoms with Crippen molar-refractivity contribution in [2.75, 3.05) is 19.7 Å². The molecule has 1 saturated heterocycles. The molecule has 2 atom stereocenters. The van der Waals surface area contributed by atoms with E-state index in [4.69, 9.17) is 4.74 Å². The summed E-state index contributed by atoms with van der Waals surface area (Å²) in [6.45, 7) is 9.56. The molecule has 1 aromatic carbocycles. The van der Waals surface area contributed by atoms with Crippen LogP contribution in [0.2, 0.25) is 0 Å². The Balaban J connectivity index is 1.95. The lowest BCUT2D eigenvalue weighted by Gasteiger charge is -2.23. The minimum Gasteiger partial charge on any atom is -0.483 e. The molecule has 22 heavy (non-hydrogen) atoms. The summed E-state index contributed by atoms with van der Waals surface area (Å²) in [6.07, 6.45) is 0.502. The lowest BCUT2D eigenvalue weighted by molar-refractivity contribution is -0.132. The molecule has 0 radical (unpaired) electrons. The zero-order chi connectivity index (χ0) is 16.3. The summed E-state index contributed by atoms with van der Waals surface area (Å²) in [4.78, 5) is 14.1. The first kappa shape index (κ1) is 16.8. The van der Waals surface area contributed by atoms with Crippen molar-refractivity contribution in [1.29, 1.82) is 0 Å². The van der Waals surface area contributed by atoms with Gasteiger partial charge in [-0.05, 0) is 30.4 Å². The molecule has 122 valence electrons. The lowest BCUT2D eigenvalue weighted by atomic mass is 9.86. The average Bonchev–Trinajstić information content (AvgIpc) is 2.94. The minimum absolute atomic E-state index is 0.00753. The van der Waals surface area contributed by atoms with Crippen LogP contribution in [-0.4, -0.2) is 41.7 Å². The fraction of sp³-hybridized carbons (Fsp3) is 0.611. The topological polar surface area (TPSA) is 49.8 Å². The van der Waals surface area contributed by atoms with Gasteiger partial charge in [-0.1, -0.05) is 39.0 Å². The number of para-hydroxylation sites is 1. The summed E-state index contributed by atoms with van der Waals surface area (Å²) in [5, 5.41) is 9.62. The molecular weight excluding hydrogens is 278 g/mol. The molecule has 1 N–H and O–H groups in total. The van der Waals surface area contributed by atoms with Gasteiger partial charge in [0.05, 0.1) is 6.10 Å².